The van der Waals surface area contributed by atoms with E-state index in [1.165, 1.54) is 37.7 Å². The second-order valence-electron chi connectivity index (χ2n) is 11.1. The van der Waals surface area contributed by atoms with Gasteiger partial charge < -0.3 is 15.4 Å². The Hall–Kier alpha value is -2.50. The molecule has 2 atom stereocenters. The van der Waals surface area contributed by atoms with E-state index in [1.807, 2.05) is 26.8 Å². The maximum absolute atomic E-state index is 12.1. The molecule has 0 bridgehead atoms. The molecule has 35 heavy (non-hydrogen) atoms. The van der Waals surface area contributed by atoms with Gasteiger partial charge in [-0.05, 0) is 82.4 Å². The third-order valence-corrected chi connectivity index (χ3v) is 7.03. The average molecular weight is 476 g/mol. The predicted octanol–water partition coefficient (Wildman–Crippen LogP) is 5.91. The lowest BCUT2D eigenvalue weighted by atomic mass is 9.91. The van der Waals surface area contributed by atoms with Crippen molar-refractivity contribution in [3.8, 4) is 0 Å². The summed E-state index contributed by atoms with van der Waals surface area (Å²) in [6, 6.07) is 16.2. The van der Waals surface area contributed by atoms with E-state index in [-0.39, 0.29) is 5.97 Å². The minimum Gasteiger partial charge on any atom is -0.455 e. The number of rotatable bonds is 9. The maximum atomic E-state index is 12.1. The van der Waals surface area contributed by atoms with Crippen molar-refractivity contribution in [1.29, 1.82) is 0 Å². The van der Waals surface area contributed by atoms with Crippen LogP contribution in [-0.4, -0.2) is 34.7 Å². The molecule has 0 radical (unpaired) electrons. The van der Waals surface area contributed by atoms with Gasteiger partial charge in [0.2, 0.25) is 0 Å². The molecule has 188 valence electrons. The molecule has 2 saturated carbocycles. The van der Waals surface area contributed by atoms with Gasteiger partial charge in [-0.25, -0.2) is 9.78 Å². The molecule has 2 aliphatic rings. The van der Waals surface area contributed by atoms with Crippen LogP contribution in [0.15, 0.2) is 54.2 Å². The molecular formula is C30H41N3O2. The molecule has 2 fully saturated rings. The molecule has 0 amide bonds. The van der Waals surface area contributed by atoms with Crippen molar-refractivity contribution in [2.24, 2.45) is 5.92 Å². The molecule has 0 saturated heterocycles. The molecule has 1 aromatic carbocycles. The van der Waals surface area contributed by atoms with E-state index < -0.39 is 5.60 Å². The topological polar surface area (TPSA) is 63.2 Å². The first-order chi connectivity index (χ1) is 16.8. The van der Waals surface area contributed by atoms with Gasteiger partial charge in [0, 0.05) is 30.9 Å². The molecule has 1 heterocycles. The lowest BCUT2D eigenvalue weighted by Crippen LogP contribution is -2.40. The average Bonchev–Trinajstić information content (AvgIpc) is 3.61. The normalized spacial score (nSPS) is 24.7. The number of nitrogens with zero attached hydrogens (tertiary/aromatic N) is 1. The lowest BCUT2D eigenvalue weighted by Gasteiger charge is -2.30. The zero-order valence-electron chi connectivity index (χ0n) is 21.7. The number of carbonyl (C=O) groups excluding carboxylic acids is 1. The second-order valence-corrected chi connectivity index (χ2v) is 11.1. The highest BCUT2D eigenvalue weighted by molar-refractivity contribution is 5.87. The van der Waals surface area contributed by atoms with Gasteiger partial charge in [-0.3, -0.25) is 0 Å². The van der Waals surface area contributed by atoms with Gasteiger partial charge in [0.05, 0.1) is 0 Å². The third-order valence-electron chi connectivity index (χ3n) is 7.03. The maximum Gasteiger partial charge on any atom is 0.357 e. The van der Waals surface area contributed by atoms with Crippen molar-refractivity contribution in [1.82, 2.24) is 15.6 Å². The molecular weight excluding hydrogens is 434 g/mol. The number of carbonyl (C=O) groups is 1. The summed E-state index contributed by atoms with van der Waals surface area (Å²) in [5.41, 5.74) is 3.84. The number of hydrogen-bond donors (Lipinski definition) is 2. The van der Waals surface area contributed by atoms with Crippen LogP contribution in [-0.2, 0) is 11.3 Å². The highest BCUT2D eigenvalue weighted by Gasteiger charge is 2.40. The van der Waals surface area contributed by atoms with E-state index in [9.17, 15) is 4.79 Å². The summed E-state index contributed by atoms with van der Waals surface area (Å²) in [7, 11) is 0. The highest BCUT2D eigenvalue weighted by atomic mass is 16.6. The summed E-state index contributed by atoms with van der Waals surface area (Å²) in [6.07, 6.45) is 11.4. The van der Waals surface area contributed by atoms with Crippen LogP contribution in [0.25, 0.3) is 6.08 Å². The van der Waals surface area contributed by atoms with E-state index in [4.69, 9.17) is 4.74 Å². The first-order valence-electron chi connectivity index (χ1n) is 13.2. The predicted molar refractivity (Wildman–Crippen MR) is 142 cm³/mol. The monoisotopic (exact) mass is 475 g/mol. The van der Waals surface area contributed by atoms with E-state index in [2.05, 4.69) is 58.9 Å². The van der Waals surface area contributed by atoms with E-state index in [1.54, 1.807) is 17.8 Å². The van der Waals surface area contributed by atoms with Gasteiger partial charge >= 0.3 is 5.97 Å². The summed E-state index contributed by atoms with van der Waals surface area (Å²) >= 11 is 0. The van der Waals surface area contributed by atoms with E-state index >= 15 is 0 Å². The molecule has 4 rings (SSSR count). The number of benzene rings is 1. The van der Waals surface area contributed by atoms with Crippen LogP contribution in [0.2, 0.25) is 0 Å². The van der Waals surface area contributed by atoms with Gasteiger partial charge in [0.15, 0.2) is 0 Å². The molecule has 0 spiro atoms. The fourth-order valence-corrected chi connectivity index (χ4v) is 5.03. The second kappa shape index (κ2) is 11.5. The van der Waals surface area contributed by atoms with Gasteiger partial charge in [-0.15, -0.1) is 0 Å². The quantitative estimate of drug-likeness (QED) is 0.442. The van der Waals surface area contributed by atoms with Crippen molar-refractivity contribution in [2.45, 2.75) is 96.5 Å². The fourth-order valence-electron chi connectivity index (χ4n) is 5.03. The molecule has 2 aliphatic carbocycles. The van der Waals surface area contributed by atoms with Crippen LogP contribution in [0, 0.1) is 5.92 Å². The van der Waals surface area contributed by atoms with Gasteiger partial charge in [-0.1, -0.05) is 55.0 Å². The van der Waals surface area contributed by atoms with Crippen molar-refractivity contribution in [3.63, 3.8) is 0 Å². The Morgan fingerprint density at radius 2 is 1.77 bits per heavy atom. The van der Waals surface area contributed by atoms with Crippen LogP contribution < -0.4 is 10.6 Å². The standard InChI is InChI=1S/C30H41N3O2/c1-5-23(17-21-9-7-6-8-10-21)26-18-28(26)33-25-14-12-24(13-15-25)31-19-22-11-16-27(32-20-22)29(34)35-30(2,3)4/h6-11,16-17,20,24-26,28,31,33H,5,12-15,18-19H2,1-4H3/t24?,25?,26-,28+/m0/s1. The van der Waals surface area contributed by atoms with Crippen LogP contribution in [0.4, 0.5) is 0 Å². The van der Waals surface area contributed by atoms with Crippen LogP contribution in [0.1, 0.15) is 87.8 Å². The first kappa shape index (κ1) is 25.6. The Bertz CT molecular complexity index is 987. The smallest absolute Gasteiger partial charge is 0.357 e. The van der Waals surface area contributed by atoms with E-state index in [0.29, 0.717) is 29.7 Å². The minimum absolute atomic E-state index is 0.360. The number of hydrogen-bond acceptors (Lipinski definition) is 5. The zero-order chi connectivity index (χ0) is 24.8. The summed E-state index contributed by atoms with van der Waals surface area (Å²) in [5, 5.41) is 7.63. The Labute approximate surface area is 210 Å². The Balaban J connectivity index is 1.17. The van der Waals surface area contributed by atoms with E-state index in [0.717, 1.165) is 18.5 Å². The van der Waals surface area contributed by atoms with Gasteiger partial charge in [0.25, 0.3) is 0 Å². The Kier molecular flexibility index (Phi) is 8.40. The van der Waals surface area contributed by atoms with Crippen LogP contribution >= 0.6 is 0 Å². The minimum atomic E-state index is -0.510. The van der Waals surface area contributed by atoms with Crippen molar-refractivity contribution in [3.05, 3.63) is 71.1 Å². The fraction of sp³-hybridized carbons (Fsp3) is 0.533. The van der Waals surface area contributed by atoms with Crippen LogP contribution in [0.3, 0.4) is 0 Å². The SMILES string of the molecule is CCC(=Cc1ccccc1)[C@@H]1C[C@H]1NC1CCC(NCc2ccc(C(=O)OC(C)(C)C)nc2)CC1. The highest BCUT2D eigenvalue weighted by Crippen LogP contribution is 2.40. The molecule has 2 N–H and O–H groups in total. The first-order valence-corrected chi connectivity index (χ1v) is 13.2. The summed E-state index contributed by atoms with van der Waals surface area (Å²) in [5.74, 6) is 0.328. The Morgan fingerprint density at radius 1 is 1.06 bits per heavy atom. The van der Waals surface area contributed by atoms with Gasteiger partial charge in [-0.2, -0.15) is 0 Å². The zero-order valence-corrected chi connectivity index (χ0v) is 21.7. The summed E-state index contributed by atoms with van der Waals surface area (Å²) in [6.45, 7) is 8.65. The van der Waals surface area contributed by atoms with Crippen molar-refractivity contribution >= 4 is 12.0 Å². The molecule has 5 nitrogen and oxygen atoms in total. The number of aromatic nitrogens is 1. The third kappa shape index (κ3) is 7.74. The lowest BCUT2D eigenvalue weighted by molar-refractivity contribution is 0.00628. The van der Waals surface area contributed by atoms with Crippen molar-refractivity contribution < 1.29 is 9.53 Å². The molecule has 0 aliphatic heterocycles. The number of esters is 1. The molecule has 0 unspecified atom stereocenters. The number of nitrogens with one attached hydrogen (secondary N) is 2. The number of ether oxygens (including phenoxy) is 1. The summed E-state index contributed by atoms with van der Waals surface area (Å²) in [4.78, 5) is 16.4. The molecule has 5 heteroatoms. The Morgan fingerprint density at radius 3 is 2.40 bits per heavy atom. The molecule has 1 aromatic heterocycles. The molecule has 2 aromatic rings. The summed E-state index contributed by atoms with van der Waals surface area (Å²) < 4.78 is 5.39. The van der Waals surface area contributed by atoms with Crippen LogP contribution in [0.5, 0.6) is 0 Å². The van der Waals surface area contributed by atoms with Crippen molar-refractivity contribution in [2.75, 3.05) is 0 Å². The van der Waals surface area contributed by atoms with Gasteiger partial charge in [0.1, 0.15) is 11.3 Å². The largest absolute Gasteiger partial charge is 0.455 e. The number of pyridine rings is 1.